The lowest BCUT2D eigenvalue weighted by Crippen LogP contribution is -2.51. The zero-order chi connectivity index (χ0) is 19.4. The van der Waals surface area contributed by atoms with E-state index in [9.17, 15) is 8.42 Å². The second-order valence-corrected chi connectivity index (χ2v) is 9.57. The lowest BCUT2D eigenvalue weighted by molar-refractivity contribution is 0.168. The number of nitrogens with zero attached hydrogens (tertiary/aromatic N) is 1. The number of aryl methyl sites for hydroxylation is 1. The van der Waals surface area contributed by atoms with E-state index in [1.165, 1.54) is 0 Å². The van der Waals surface area contributed by atoms with E-state index in [2.05, 4.69) is 19.9 Å². The van der Waals surface area contributed by atoms with Crippen molar-refractivity contribution in [3.63, 3.8) is 0 Å². The number of piperidine rings is 1. The van der Waals surface area contributed by atoms with Crippen LogP contribution in [0.4, 0.5) is 0 Å². The molecule has 2 aromatic rings. The minimum Gasteiger partial charge on any atom is -0.207 e. The highest BCUT2D eigenvalue weighted by Gasteiger charge is 2.40. The van der Waals surface area contributed by atoms with E-state index in [0.717, 1.165) is 30.4 Å². The van der Waals surface area contributed by atoms with Crippen molar-refractivity contribution in [3.8, 4) is 0 Å². The first kappa shape index (κ1) is 19.8. The molecule has 1 heterocycles. The van der Waals surface area contributed by atoms with Gasteiger partial charge >= 0.3 is 0 Å². The van der Waals surface area contributed by atoms with Crippen LogP contribution in [-0.2, 0) is 10.0 Å². The molecule has 27 heavy (non-hydrogen) atoms. The summed E-state index contributed by atoms with van der Waals surface area (Å²) in [5.74, 6) is 0.276. The summed E-state index contributed by atoms with van der Waals surface area (Å²) < 4.78 is 28.8. The molecule has 0 aliphatic carbocycles. The van der Waals surface area contributed by atoms with Crippen LogP contribution in [0.25, 0.3) is 6.08 Å². The monoisotopic (exact) mass is 383 g/mol. The molecule has 3 nitrogen and oxygen atoms in total. The molecule has 3 rings (SSSR count). The van der Waals surface area contributed by atoms with E-state index in [0.29, 0.717) is 4.90 Å². The zero-order valence-electron chi connectivity index (χ0n) is 16.4. The fraction of sp³-hybridized carbons (Fsp3) is 0.391. The van der Waals surface area contributed by atoms with Crippen molar-refractivity contribution in [2.24, 2.45) is 5.92 Å². The largest absolute Gasteiger partial charge is 0.243 e. The van der Waals surface area contributed by atoms with Gasteiger partial charge in [-0.3, -0.25) is 0 Å². The van der Waals surface area contributed by atoms with Crippen molar-refractivity contribution in [1.82, 2.24) is 4.31 Å². The summed E-state index contributed by atoms with van der Waals surface area (Å²) >= 11 is 0. The molecular formula is C23H29NO2S. The van der Waals surface area contributed by atoms with E-state index in [1.54, 1.807) is 16.4 Å². The lowest BCUT2D eigenvalue weighted by atomic mass is 9.91. The van der Waals surface area contributed by atoms with Crippen molar-refractivity contribution >= 4 is 16.1 Å². The topological polar surface area (TPSA) is 37.4 Å². The van der Waals surface area contributed by atoms with Crippen LogP contribution in [0.3, 0.4) is 0 Å². The van der Waals surface area contributed by atoms with Crippen molar-refractivity contribution in [3.05, 3.63) is 71.8 Å². The fourth-order valence-corrected chi connectivity index (χ4v) is 5.78. The highest BCUT2D eigenvalue weighted by atomic mass is 32.2. The summed E-state index contributed by atoms with van der Waals surface area (Å²) in [6.07, 6.45) is 6.93. The molecule has 0 amide bonds. The van der Waals surface area contributed by atoms with Crippen LogP contribution < -0.4 is 0 Å². The van der Waals surface area contributed by atoms with Gasteiger partial charge in [-0.25, -0.2) is 8.42 Å². The van der Waals surface area contributed by atoms with Gasteiger partial charge in [0, 0.05) is 12.1 Å². The van der Waals surface area contributed by atoms with E-state index >= 15 is 0 Å². The molecule has 0 aromatic heterocycles. The lowest BCUT2D eigenvalue weighted by Gasteiger charge is -2.42. The minimum absolute atomic E-state index is 0.0236. The molecule has 0 radical (unpaired) electrons. The molecule has 1 saturated heterocycles. The summed E-state index contributed by atoms with van der Waals surface area (Å²) in [6.45, 7) is 6.21. The molecule has 0 unspecified atom stereocenters. The second-order valence-electron chi connectivity index (χ2n) is 7.73. The molecule has 1 aliphatic rings. The third-order valence-electron chi connectivity index (χ3n) is 5.33. The summed E-state index contributed by atoms with van der Waals surface area (Å²) in [5, 5.41) is 0. The number of hydrogen-bond donors (Lipinski definition) is 0. The van der Waals surface area contributed by atoms with Crippen molar-refractivity contribution in [2.45, 2.75) is 57.0 Å². The predicted octanol–water partition coefficient (Wildman–Crippen LogP) is 5.28. The smallest absolute Gasteiger partial charge is 0.207 e. The van der Waals surface area contributed by atoms with Crippen LogP contribution in [0.1, 0.15) is 44.2 Å². The highest BCUT2D eigenvalue weighted by molar-refractivity contribution is 7.89. The molecule has 1 aliphatic heterocycles. The summed E-state index contributed by atoms with van der Waals surface area (Å²) in [7, 11) is -3.54. The van der Waals surface area contributed by atoms with Gasteiger partial charge in [-0.15, -0.1) is 0 Å². The molecule has 0 bridgehead atoms. The number of hydrogen-bond acceptors (Lipinski definition) is 2. The van der Waals surface area contributed by atoms with Gasteiger partial charge in [0.05, 0.1) is 4.90 Å². The van der Waals surface area contributed by atoms with Crippen LogP contribution >= 0.6 is 0 Å². The van der Waals surface area contributed by atoms with Crippen LogP contribution in [0.15, 0.2) is 65.6 Å². The second kappa shape index (κ2) is 8.41. The highest BCUT2D eigenvalue weighted by Crippen LogP contribution is 2.34. The third-order valence-corrected chi connectivity index (χ3v) is 7.29. The Balaban J connectivity index is 1.98. The summed E-state index contributed by atoms with van der Waals surface area (Å²) in [5.41, 5.74) is 2.16. The molecular weight excluding hydrogens is 354 g/mol. The molecule has 4 heteroatoms. The predicted molar refractivity (Wildman–Crippen MR) is 112 cm³/mol. The summed E-state index contributed by atoms with van der Waals surface area (Å²) in [6, 6.07) is 17.2. The van der Waals surface area contributed by atoms with Gasteiger partial charge in [0.15, 0.2) is 0 Å². The molecule has 2 aromatic carbocycles. The Hall–Kier alpha value is -1.91. The zero-order valence-corrected chi connectivity index (χ0v) is 17.2. The fourth-order valence-electron chi connectivity index (χ4n) is 3.82. The molecule has 144 valence electrons. The number of benzene rings is 2. The first-order valence-corrected chi connectivity index (χ1v) is 11.2. The Kier molecular flexibility index (Phi) is 6.18. The first-order chi connectivity index (χ1) is 12.9. The van der Waals surface area contributed by atoms with Gasteiger partial charge < -0.3 is 0 Å². The van der Waals surface area contributed by atoms with Crippen molar-refractivity contribution in [1.29, 1.82) is 0 Å². The van der Waals surface area contributed by atoms with Gasteiger partial charge in [0.25, 0.3) is 0 Å². The van der Waals surface area contributed by atoms with Crippen LogP contribution in [-0.4, -0.2) is 24.8 Å². The Labute approximate surface area is 163 Å². The molecule has 2 atom stereocenters. The van der Waals surface area contributed by atoms with Crippen LogP contribution in [0.2, 0.25) is 0 Å². The molecule has 0 spiro atoms. The van der Waals surface area contributed by atoms with E-state index < -0.39 is 10.0 Å². The average molecular weight is 384 g/mol. The molecule has 0 saturated carbocycles. The molecule has 0 N–H and O–H groups in total. The Morgan fingerprint density at radius 2 is 1.67 bits per heavy atom. The Morgan fingerprint density at radius 1 is 1.00 bits per heavy atom. The maximum atomic E-state index is 13.5. The van der Waals surface area contributed by atoms with E-state index in [1.807, 2.05) is 55.5 Å². The quantitative estimate of drug-likeness (QED) is 0.705. The Bertz CT molecular complexity index is 870. The Morgan fingerprint density at radius 3 is 2.30 bits per heavy atom. The van der Waals surface area contributed by atoms with Crippen molar-refractivity contribution < 1.29 is 8.42 Å². The number of sulfonamides is 1. The number of rotatable bonds is 5. The van der Waals surface area contributed by atoms with Gasteiger partial charge in [0.2, 0.25) is 10.0 Å². The van der Waals surface area contributed by atoms with Gasteiger partial charge in [-0.05, 0) is 49.8 Å². The van der Waals surface area contributed by atoms with Gasteiger partial charge in [0.1, 0.15) is 0 Å². The van der Waals surface area contributed by atoms with Crippen LogP contribution in [0.5, 0.6) is 0 Å². The summed E-state index contributed by atoms with van der Waals surface area (Å²) in [4.78, 5) is 0.388. The maximum Gasteiger partial charge on any atom is 0.243 e. The van der Waals surface area contributed by atoms with E-state index in [-0.39, 0.29) is 18.0 Å². The van der Waals surface area contributed by atoms with Crippen LogP contribution in [0, 0.1) is 12.8 Å². The first-order valence-electron chi connectivity index (χ1n) is 9.73. The SMILES string of the molecule is Cc1ccc(S(=O)(=O)N2[C@@H](/C=C/c3ccccc3)CCC[C@H]2C(C)C)cc1. The molecule has 1 fully saturated rings. The van der Waals surface area contributed by atoms with E-state index in [4.69, 9.17) is 0 Å². The van der Waals surface area contributed by atoms with Gasteiger partial charge in [-0.2, -0.15) is 4.31 Å². The average Bonchev–Trinajstić information content (AvgIpc) is 2.67. The normalized spacial score (nSPS) is 21.8. The van der Waals surface area contributed by atoms with Crippen molar-refractivity contribution in [2.75, 3.05) is 0 Å². The van der Waals surface area contributed by atoms with Gasteiger partial charge in [-0.1, -0.05) is 74.0 Å². The minimum atomic E-state index is -3.54. The standard InChI is InChI=1S/C23H29NO2S/c1-18(2)23-11-7-10-21(15-14-20-8-5-4-6-9-20)24(23)27(25,26)22-16-12-19(3)13-17-22/h4-6,8-9,12-18,21,23H,7,10-11H2,1-3H3/b15-14+/t21-,23+/m1/s1. The third kappa shape index (κ3) is 4.50. The maximum absolute atomic E-state index is 13.5.